The van der Waals surface area contributed by atoms with E-state index in [9.17, 15) is 0 Å². The number of aromatic nitrogens is 3. The molecule has 0 bridgehead atoms. The number of hydrogen-bond donors (Lipinski definition) is 1. The molecule has 0 aliphatic rings. The molecule has 0 spiro atoms. The zero-order valence-corrected chi connectivity index (χ0v) is 17.0. The van der Waals surface area contributed by atoms with Gasteiger partial charge >= 0.3 is 0 Å². The summed E-state index contributed by atoms with van der Waals surface area (Å²) in [5, 5.41) is 3.27. The van der Waals surface area contributed by atoms with Gasteiger partial charge in [-0.15, -0.1) is 0 Å². The van der Waals surface area contributed by atoms with Crippen LogP contribution >= 0.6 is 0 Å². The average molecular weight is 395 g/mol. The van der Waals surface area contributed by atoms with Crippen molar-refractivity contribution in [1.82, 2.24) is 15.0 Å². The normalized spacial score (nSPS) is 10.3. The molecule has 0 aliphatic carbocycles. The molecule has 2 aromatic heterocycles. The summed E-state index contributed by atoms with van der Waals surface area (Å²) in [4.78, 5) is 14.8. The van der Waals surface area contributed by atoms with Gasteiger partial charge in [0.05, 0.1) is 21.3 Å². The number of benzene rings is 1. The standard InChI is InChI=1S/C21H25N5O3/c1-26(10-7-15-5-8-22-9-6-15)20-13-19(23-14-24-20)25-16-11-17(27-2)21(29-4)18(12-16)28-3/h5-6,8-9,11-14H,7,10H2,1-4H3,(H,23,24,25). The van der Waals surface area contributed by atoms with Crippen molar-refractivity contribution in [1.29, 1.82) is 0 Å². The summed E-state index contributed by atoms with van der Waals surface area (Å²) < 4.78 is 16.2. The fourth-order valence-electron chi connectivity index (χ4n) is 2.89. The van der Waals surface area contributed by atoms with Gasteiger partial charge in [-0.3, -0.25) is 4.98 Å². The van der Waals surface area contributed by atoms with Crippen molar-refractivity contribution in [2.45, 2.75) is 6.42 Å². The Bertz CT molecular complexity index is 912. The van der Waals surface area contributed by atoms with E-state index >= 15 is 0 Å². The number of likely N-dealkylation sites (N-methyl/N-ethyl adjacent to an activating group) is 1. The van der Waals surface area contributed by atoms with Crippen molar-refractivity contribution in [3.8, 4) is 17.2 Å². The summed E-state index contributed by atoms with van der Waals surface area (Å²) in [6, 6.07) is 9.60. The van der Waals surface area contributed by atoms with Crippen LogP contribution in [0.4, 0.5) is 17.3 Å². The van der Waals surface area contributed by atoms with Crippen LogP contribution in [0.15, 0.2) is 49.1 Å². The highest BCUT2D eigenvalue weighted by Gasteiger charge is 2.14. The first kappa shape index (κ1) is 20.2. The summed E-state index contributed by atoms with van der Waals surface area (Å²) in [5.74, 6) is 3.17. The smallest absolute Gasteiger partial charge is 0.203 e. The van der Waals surface area contributed by atoms with E-state index in [1.807, 2.05) is 37.4 Å². The van der Waals surface area contributed by atoms with E-state index < -0.39 is 0 Å². The molecule has 0 fully saturated rings. The lowest BCUT2D eigenvalue weighted by molar-refractivity contribution is 0.324. The minimum absolute atomic E-state index is 0.541. The van der Waals surface area contributed by atoms with Gasteiger partial charge in [0.2, 0.25) is 5.75 Å². The maximum atomic E-state index is 5.40. The average Bonchev–Trinajstić information content (AvgIpc) is 2.77. The molecule has 0 atom stereocenters. The number of ether oxygens (including phenoxy) is 3. The first-order chi connectivity index (χ1) is 14.1. The maximum Gasteiger partial charge on any atom is 0.203 e. The summed E-state index contributed by atoms with van der Waals surface area (Å²) in [6.07, 6.45) is 6.05. The molecule has 8 heteroatoms. The Morgan fingerprint density at radius 2 is 1.62 bits per heavy atom. The highest BCUT2D eigenvalue weighted by molar-refractivity contribution is 5.67. The third-order valence-corrected chi connectivity index (χ3v) is 4.47. The number of nitrogens with one attached hydrogen (secondary N) is 1. The Morgan fingerprint density at radius 3 is 2.24 bits per heavy atom. The maximum absolute atomic E-state index is 5.40. The largest absolute Gasteiger partial charge is 0.493 e. The van der Waals surface area contributed by atoms with E-state index in [4.69, 9.17) is 14.2 Å². The van der Waals surface area contributed by atoms with E-state index in [1.165, 1.54) is 5.56 Å². The van der Waals surface area contributed by atoms with Gasteiger partial charge < -0.3 is 24.4 Å². The molecule has 3 aromatic rings. The van der Waals surface area contributed by atoms with Gasteiger partial charge in [-0.2, -0.15) is 0 Å². The molecule has 1 N–H and O–H groups in total. The van der Waals surface area contributed by atoms with Gasteiger partial charge in [0, 0.05) is 49.9 Å². The predicted octanol–water partition coefficient (Wildman–Crippen LogP) is 3.32. The molecule has 2 heterocycles. The summed E-state index contributed by atoms with van der Waals surface area (Å²) in [6.45, 7) is 0.824. The second kappa shape index (κ2) is 9.59. The number of anilines is 3. The molecular weight excluding hydrogens is 370 g/mol. The van der Waals surface area contributed by atoms with Crippen LogP contribution in [0, 0.1) is 0 Å². The van der Waals surface area contributed by atoms with E-state index in [0.29, 0.717) is 23.1 Å². The zero-order valence-electron chi connectivity index (χ0n) is 17.0. The third-order valence-electron chi connectivity index (χ3n) is 4.47. The summed E-state index contributed by atoms with van der Waals surface area (Å²) in [5.41, 5.74) is 2.00. The van der Waals surface area contributed by atoms with Gasteiger partial charge in [0.25, 0.3) is 0 Å². The molecule has 8 nitrogen and oxygen atoms in total. The van der Waals surface area contributed by atoms with Crippen LogP contribution in [0.3, 0.4) is 0 Å². The number of nitrogens with zero attached hydrogens (tertiary/aromatic N) is 4. The Hall–Kier alpha value is -3.55. The zero-order chi connectivity index (χ0) is 20.6. The van der Waals surface area contributed by atoms with E-state index in [-0.39, 0.29) is 0 Å². The molecule has 0 amide bonds. The Morgan fingerprint density at radius 1 is 0.931 bits per heavy atom. The molecule has 29 heavy (non-hydrogen) atoms. The van der Waals surface area contributed by atoms with Crippen molar-refractivity contribution < 1.29 is 14.2 Å². The van der Waals surface area contributed by atoms with Gasteiger partial charge in [0.1, 0.15) is 18.0 Å². The highest BCUT2D eigenvalue weighted by Crippen LogP contribution is 2.40. The number of rotatable bonds is 9. The molecule has 1 aromatic carbocycles. The Balaban J connectivity index is 1.74. The predicted molar refractivity (Wildman–Crippen MR) is 113 cm³/mol. The topological polar surface area (TPSA) is 81.6 Å². The lowest BCUT2D eigenvalue weighted by Gasteiger charge is -2.19. The first-order valence-electron chi connectivity index (χ1n) is 9.13. The lowest BCUT2D eigenvalue weighted by Crippen LogP contribution is -2.21. The molecule has 0 saturated heterocycles. The van der Waals surface area contributed by atoms with Crippen LogP contribution in [0.5, 0.6) is 17.2 Å². The summed E-state index contributed by atoms with van der Waals surface area (Å²) in [7, 11) is 6.75. The first-order valence-corrected chi connectivity index (χ1v) is 9.13. The minimum atomic E-state index is 0.541. The van der Waals surface area contributed by atoms with Crippen molar-refractivity contribution in [2.24, 2.45) is 0 Å². The van der Waals surface area contributed by atoms with Crippen LogP contribution in [-0.2, 0) is 6.42 Å². The van der Waals surface area contributed by atoms with Crippen molar-refractivity contribution in [2.75, 3.05) is 45.1 Å². The number of pyridine rings is 1. The molecule has 152 valence electrons. The van der Waals surface area contributed by atoms with Crippen molar-refractivity contribution in [3.63, 3.8) is 0 Å². The van der Waals surface area contributed by atoms with Gasteiger partial charge in [-0.05, 0) is 24.1 Å². The number of methoxy groups -OCH3 is 3. The van der Waals surface area contributed by atoms with E-state index in [2.05, 4.69) is 25.2 Å². The molecular formula is C21H25N5O3. The quantitative estimate of drug-likeness (QED) is 0.591. The van der Waals surface area contributed by atoms with Crippen molar-refractivity contribution in [3.05, 3.63) is 54.6 Å². The molecule has 3 rings (SSSR count). The van der Waals surface area contributed by atoms with Crippen LogP contribution in [0.1, 0.15) is 5.56 Å². The minimum Gasteiger partial charge on any atom is -0.493 e. The van der Waals surface area contributed by atoms with E-state index in [1.54, 1.807) is 40.1 Å². The SMILES string of the molecule is COc1cc(Nc2cc(N(C)CCc3ccncc3)ncn2)cc(OC)c1OC. The van der Waals surface area contributed by atoms with Crippen LogP contribution < -0.4 is 24.4 Å². The Labute approximate surface area is 170 Å². The lowest BCUT2D eigenvalue weighted by atomic mass is 10.2. The fourth-order valence-corrected chi connectivity index (χ4v) is 2.89. The van der Waals surface area contributed by atoms with Crippen molar-refractivity contribution >= 4 is 17.3 Å². The number of hydrogen-bond acceptors (Lipinski definition) is 8. The third kappa shape index (κ3) is 5.04. The van der Waals surface area contributed by atoms with Gasteiger partial charge in [0.15, 0.2) is 11.5 Å². The van der Waals surface area contributed by atoms with Gasteiger partial charge in [-0.1, -0.05) is 0 Å². The monoisotopic (exact) mass is 395 g/mol. The van der Waals surface area contributed by atoms with E-state index in [0.717, 1.165) is 24.5 Å². The van der Waals surface area contributed by atoms with Gasteiger partial charge in [-0.25, -0.2) is 9.97 Å². The second-order valence-corrected chi connectivity index (χ2v) is 6.33. The molecule has 0 unspecified atom stereocenters. The summed E-state index contributed by atoms with van der Waals surface area (Å²) >= 11 is 0. The molecule has 0 radical (unpaired) electrons. The second-order valence-electron chi connectivity index (χ2n) is 6.33. The van der Waals surface area contributed by atoms with Crippen LogP contribution in [0.25, 0.3) is 0 Å². The molecule has 0 saturated carbocycles. The fraction of sp³-hybridized carbons (Fsp3) is 0.286. The molecule has 0 aliphatic heterocycles. The van der Waals surface area contributed by atoms with Crippen LogP contribution in [0.2, 0.25) is 0 Å². The van der Waals surface area contributed by atoms with Crippen LogP contribution in [-0.4, -0.2) is 49.9 Å². The Kier molecular flexibility index (Phi) is 6.67. The highest BCUT2D eigenvalue weighted by atomic mass is 16.5.